The largest absolute Gasteiger partial charge is 0.350 e. The molecule has 1 saturated carbocycles. The van der Waals surface area contributed by atoms with Gasteiger partial charge in [-0.2, -0.15) is 5.10 Å². The van der Waals surface area contributed by atoms with Gasteiger partial charge in [-0.25, -0.2) is 10.2 Å². The van der Waals surface area contributed by atoms with Gasteiger partial charge in [-0.05, 0) is 43.6 Å². The second-order valence-electron chi connectivity index (χ2n) is 6.07. The summed E-state index contributed by atoms with van der Waals surface area (Å²) in [5.41, 5.74) is 9.50. The lowest BCUT2D eigenvalue weighted by Gasteiger charge is -2.34. The third-order valence-electron chi connectivity index (χ3n) is 4.50. The van der Waals surface area contributed by atoms with E-state index in [1.54, 1.807) is 6.92 Å². The Morgan fingerprint density at radius 1 is 1.32 bits per heavy atom. The molecule has 0 saturated heterocycles. The highest BCUT2D eigenvalue weighted by molar-refractivity contribution is 5.93. The van der Waals surface area contributed by atoms with Crippen molar-refractivity contribution in [3.8, 4) is 0 Å². The number of ketones is 1. The molecular weight excluding hydrogens is 278 g/mol. The van der Waals surface area contributed by atoms with E-state index in [1.807, 2.05) is 18.2 Å². The molecule has 5 heteroatoms. The van der Waals surface area contributed by atoms with Gasteiger partial charge in [-0.3, -0.25) is 4.79 Å². The van der Waals surface area contributed by atoms with Crippen LogP contribution in [-0.4, -0.2) is 17.5 Å². The number of primary amides is 1. The summed E-state index contributed by atoms with van der Waals surface area (Å²) in [5.74, 6) is 0.691. The fourth-order valence-electron chi connectivity index (χ4n) is 3.12. The number of urea groups is 1. The molecule has 1 aliphatic rings. The van der Waals surface area contributed by atoms with Crippen LogP contribution >= 0.6 is 0 Å². The third-order valence-corrected chi connectivity index (χ3v) is 4.50. The lowest BCUT2D eigenvalue weighted by molar-refractivity contribution is -0.121. The normalized spacial score (nSPS) is 26.6. The van der Waals surface area contributed by atoms with Crippen LogP contribution in [0.15, 0.2) is 35.4 Å². The van der Waals surface area contributed by atoms with E-state index in [2.05, 4.69) is 29.6 Å². The van der Waals surface area contributed by atoms with Crippen molar-refractivity contribution in [3.63, 3.8) is 0 Å². The van der Waals surface area contributed by atoms with Crippen molar-refractivity contribution < 1.29 is 9.59 Å². The average Bonchev–Trinajstić information content (AvgIpc) is 2.48. The molecule has 118 valence electrons. The first-order valence-electron chi connectivity index (χ1n) is 7.63. The number of benzene rings is 1. The lowest BCUT2D eigenvalue weighted by atomic mass is 9.70. The van der Waals surface area contributed by atoms with Gasteiger partial charge in [0.25, 0.3) is 0 Å². The van der Waals surface area contributed by atoms with Gasteiger partial charge < -0.3 is 5.73 Å². The van der Waals surface area contributed by atoms with Crippen molar-refractivity contribution in [1.82, 2.24) is 5.43 Å². The van der Waals surface area contributed by atoms with Crippen LogP contribution in [0, 0.1) is 17.8 Å². The number of rotatable bonds is 4. The van der Waals surface area contributed by atoms with Crippen molar-refractivity contribution in [2.75, 3.05) is 0 Å². The van der Waals surface area contributed by atoms with Crippen LogP contribution < -0.4 is 11.2 Å². The molecule has 3 atom stereocenters. The molecule has 0 aliphatic heterocycles. The maximum atomic E-state index is 11.8. The molecule has 1 aromatic carbocycles. The van der Waals surface area contributed by atoms with E-state index in [9.17, 15) is 9.59 Å². The smallest absolute Gasteiger partial charge is 0.332 e. The molecule has 0 bridgehead atoms. The zero-order valence-corrected chi connectivity index (χ0v) is 13.1. The second kappa shape index (κ2) is 7.20. The predicted molar refractivity (Wildman–Crippen MR) is 86.4 cm³/mol. The van der Waals surface area contributed by atoms with Crippen molar-refractivity contribution >= 4 is 17.5 Å². The van der Waals surface area contributed by atoms with Crippen LogP contribution in [0.25, 0.3) is 0 Å². The molecule has 1 fully saturated rings. The molecule has 1 aliphatic carbocycles. The fourth-order valence-corrected chi connectivity index (χ4v) is 3.12. The Kier molecular flexibility index (Phi) is 5.31. The van der Waals surface area contributed by atoms with Gasteiger partial charge in [-0.1, -0.05) is 37.3 Å². The molecule has 0 heterocycles. The molecule has 3 N–H and O–H groups in total. The number of hydrazone groups is 1. The lowest BCUT2D eigenvalue weighted by Crippen LogP contribution is -2.37. The van der Waals surface area contributed by atoms with E-state index in [0.29, 0.717) is 12.3 Å². The van der Waals surface area contributed by atoms with Gasteiger partial charge in [0.15, 0.2) is 0 Å². The van der Waals surface area contributed by atoms with Gasteiger partial charge in [-0.15, -0.1) is 0 Å². The number of carbonyl (C=O) groups is 2. The number of nitrogens with one attached hydrogen (secondary N) is 1. The molecule has 0 radical (unpaired) electrons. The molecule has 5 nitrogen and oxygen atoms in total. The minimum Gasteiger partial charge on any atom is -0.350 e. The molecule has 2 amide bonds. The maximum Gasteiger partial charge on any atom is 0.332 e. The van der Waals surface area contributed by atoms with Crippen molar-refractivity contribution in [3.05, 3.63) is 35.9 Å². The summed E-state index contributed by atoms with van der Waals surface area (Å²) in [6.45, 7) is 3.73. The monoisotopic (exact) mass is 301 g/mol. The Morgan fingerprint density at radius 2 is 2.00 bits per heavy atom. The zero-order chi connectivity index (χ0) is 16.1. The molecule has 0 unspecified atom stereocenters. The second-order valence-corrected chi connectivity index (χ2v) is 6.07. The van der Waals surface area contributed by atoms with Crippen LogP contribution in [0.2, 0.25) is 0 Å². The van der Waals surface area contributed by atoms with E-state index in [4.69, 9.17) is 5.73 Å². The van der Waals surface area contributed by atoms with Crippen molar-refractivity contribution in [1.29, 1.82) is 0 Å². The first-order chi connectivity index (χ1) is 10.5. The number of nitrogens with two attached hydrogens (primary N) is 1. The van der Waals surface area contributed by atoms with E-state index in [0.717, 1.165) is 18.6 Å². The SMILES string of the molecule is CC(=O)[C@@H]1C/C(=N\NC(N)=O)[C@@H](C)[C@H](Cc2ccccc2)C1. The number of hydrogen-bond acceptors (Lipinski definition) is 3. The first-order valence-corrected chi connectivity index (χ1v) is 7.63. The standard InChI is InChI=1S/C17H23N3O2/c1-11-14(8-13-6-4-3-5-7-13)9-15(12(2)21)10-16(11)19-20-17(18)22/h3-7,11,14-15H,8-10H2,1-2H3,(H3,18,20,22)/b19-16+/t11-,14+,15-/m0/s1. The third kappa shape index (κ3) is 4.16. The Labute approximate surface area is 131 Å². The summed E-state index contributed by atoms with van der Waals surface area (Å²) in [6, 6.07) is 9.56. The number of hydrogen-bond donors (Lipinski definition) is 2. The summed E-state index contributed by atoms with van der Waals surface area (Å²) in [4.78, 5) is 22.7. The first kappa shape index (κ1) is 16.2. The highest BCUT2D eigenvalue weighted by atomic mass is 16.2. The van der Waals surface area contributed by atoms with Crippen molar-refractivity contribution in [2.24, 2.45) is 28.6 Å². The summed E-state index contributed by atoms with van der Waals surface area (Å²) in [6.07, 6.45) is 2.37. The highest BCUT2D eigenvalue weighted by Gasteiger charge is 2.34. The van der Waals surface area contributed by atoms with Gasteiger partial charge in [0.05, 0.1) is 0 Å². The summed E-state index contributed by atoms with van der Waals surface area (Å²) < 4.78 is 0. The Hall–Kier alpha value is -2.17. The summed E-state index contributed by atoms with van der Waals surface area (Å²) in [7, 11) is 0. The Morgan fingerprint density at radius 3 is 2.59 bits per heavy atom. The van der Waals surface area contributed by atoms with E-state index in [-0.39, 0.29) is 17.6 Å². The van der Waals surface area contributed by atoms with Crippen LogP contribution in [0.1, 0.15) is 32.3 Å². The highest BCUT2D eigenvalue weighted by Crippen LogP contribution is 2.34. The van der Waals surface area contributed by atoms with Gasteiger partial charge in [0.2, 0.25) is 0 Å². The van der Waals surface area contributed by atoms with Crippen LogP contribution in [0.4, 0.5) is 4.79 Å². The summed E-state index contributed by atoms with van der Waals surface area (Å²) in [5, 5.41) is 4.13. The quantitative estimate of drug-likeness (QED) is 0.837. The summed E-state index contributed by atoms with van der Waals surface area (Å²) >= 11 is 0. The maximum absolute atomic E-state index is 11.8. The number of amides is 2. The predicted octanol–water partition coefficient (Wildman–Crippen LogP) is 2.50. The van der Waals surface area contributed by atoms with Gasteiger partial charge in [0.1, 0.15) is 5.78 Å². The van der Waals surface area contributed by atoms with Crippen LogP contribution in [0.3, 0.4) is 0 Å². The number of nitrogens with zero attached hydrogens (tertiary/aromatic N) is 1. The zero-order valence-electron chi connectivity index (χ0n) is 13.1. The van der Waals surface area contributed by atoms with Gasteiger partial charge >= 0.3 is 6.03 Å². The topological polar surface area (TPSA) is 84.6 Å². The molecule has 2 rings (SSSR count). The minimum absolute atomic E-state index is 0.0293. The number of Topliss-reactive ketones (excluding diaryl/α,β-unsaturated/α-hetero) is 1. The van der Waals surface area contributed by atoms with E-state index < -0.39 is 6.03 Å². The van der Waals surface area contributed by atoms with Gasteiger partial charge in [0, 0.05) is 11.6 Å². The van der Waals surface area contributed by atoms with Crippen LogP contribution in [0.5, 0.6) is 0 Å². The van der Waals surface area contributed by atoms with Crippen LogP contribution in [-0.2, 0) is 11.2 Å². The Balaban J connectivity index is 2.18. The molecular formula is C17H23N3O2. The molecule has 0 aromatic heterocycles. The van der Waals surface area contributed by atoms with E-state index >= 15 is 0 Å². The molecule has 1 aromatic rings. The minimum atomic E-state index is -0.677. The van der Waals surface area contributed by atoms with E-state index in [1.165, 1.54) is 5.56 Å². The van der Waals surface area contributed by atoms with Crippen molar-refractivity contribution in [2.45, 2.75) is 33.1 Å². The molecule has 0 spiro atoms. The molecule has 22 heavy (non-hydrogen) atoms. The average molecular weight is 301 g/mol. The number of carbonyl (C=O) groups excluding carboxylic acids is 2. The Bertz CT molecular complexity index is 569. The fraction of sp³-hybridized carbons (Fsp3) is 0.471.